The highest BCUT2D eigenvalue weighted by atomic mass is 15.0. The third-order valence-corrected chi connectivity index (χ3v) is 8.74. The molecule has 0 fully saturated rings. The van der Waals surface area contributed by atoms with Crippen LogP contribution in [0, 0.1) is 0 Å². The molecular weight excluding hydrogens is 615 g/mol. The average molecular weight is 642 g/mol. The summed E-state index contributed by atoms with van der Waals surface area (Å²) >= 11 is 0. The van der Waals surface area contributed by atoms with E-state index in [9.17, 15) is 0 Å². The third kappa shape index (κ3) is 5.52. The number of aromatic nitrogens is 7. The Morgan fingerprint density at radius 2 is 0.980 bits per heavy atom. The topological polar surface area (TPSA) is 90.2 Å². The molecule has 0 aliphatic rings. The Hall–Kier alpha value is -6.99. The molecule has 0 aliphatic carbocycles. The maximum atomic E-state index is 5.05. The van der Waals surface area contributed by atoms with E-state index in [0.717, 1.165) is 66.4 Å². The average Bonchev–Trinajstić information content (AvgIpc) is 3.21. The van der Waals surface area contributed by atoms with Crippen molar-refractivity contribution in [3.8, 4) is 67.9 Å². The predicted molar refractivity (Wildman–Crippen MR) is 199 cm³/mol. The number of para-hydroxylation sites is 1. The van der Waals surface area contributed by atoms with Gasteiger partial charge in [-0.1, -0.05) is 109 Å². The van der Waals surface area contributed by atoms with Gasteiger partial charge >= 0.3 is 0 Å². The van der Waals surface area contributed by atoms with Crippen LogP contribution in [-0.2, 0) is 0 Å². The normalized spacial score (nSPS) is 11.2. The summed E-state index contributed by atoms with van der Waals surface area (Å²) in [5, 5.41) is 3.35. The van der Waals surface area contributed by atoms with E-state index in [1.54, 1.807) is 6.20 Å². The molecule has 7 nitrogen and oxygen atoms in total. The molecule has 0 amide bonds. The van der Waals surface area contributed by atoms with Gasteiger partial charge in [0.05, 0.1) is 16.9 Å². The van der Waals surface area contributed by atoms with Crippen molar-refractivity contribution in [2.75, 3.05) is 0 Å². The van der Waals surface area contributed by atoms with Gasteiger partial charge in [0.1, 0.15) is 5.69 Å². The number of pyridine rings is 4. The maximum absolute atomic E-state index is 5.05. The van der Waals surface area contributed by atoms with Crippen molar-refractivity contribution in [3.63, 3.8) is 0 Å². The zero-order valence-electron chi connectivity index (χ0n) is 26.7. The Labute approximate surface area is 288 Å². The van der Waals surface area contributed by atoms with Crippen LogP contribution in [0.3, 0.4) is 0 Å². The first-order valence-corrected chi connectivity index (χ1v) is 16.3. The predicted octanol–water partition coefficient (Wildman–Crippen LogP) is 9.76. The highest BCUT2D eigenvalue weighted by Gasteiger charge is 2.15. The highest BCUT2D eigenvalue weighted by molar-refractivity contribution is 6.10. The fourth-order valence-corrected chi connectivity index (χ4v) is 6.22. The SMILES string of the molecule is c1ccc(-c2nc(-c3ccc(-c4cccnc4)cc3)nc(-c3ccc(-c4ccnc(-c5nc6ccccc6c6ccccc56)c4)cn3)n2)cc1. The lowest BCUT2D eigenvalue weighted by Crippen LogP contribution is -2.01. The van der Waals surface area contributed by atoms with Gasteiger partial charge in [0.15, 0.2) is 17.5 Å². The minimum absolute atomic E-state index is 0.499. The minimum atomic E-state index is 0.499. The summed E-state index contributed by atoms with van der Waals surface area (Å²) in [7, 11) is 0. The quantitative estimate of drug-likeness (QED) is 0.167. The van der Waals surface area contributed by atoms with Crippen LogP contribution in [0.15, 0.2) is 164 Å². The number of nitrogens with zero attached hydrogens (tertiary/aromatic N) is 7. The molecule has 0 spiro atoms. The molecule has 9 rings (SSSR count). The monoisotopic (exact) mass is 641 g/mol. The fraction of sp³-hybridized carbons (Fsp3) is 0. The van der Waals surface area contributed by atoms with E-state index in [1.165, 1.54) is 0 Å². The molecule has 0 aliphatic heterocycles. The van der Waals surface area contributed by atoms with Gasteiger partial charge in [-0.2, -0.15) is 0 Å². The summed E-state index contributed by atoms with van der Waals surface area (Å²) in [6.07, 6.45) is 7.31. The molecule has 234 valence electrons. The van der Waals surface area contributed by atoms with Gasteiger partial charge < -0.3 is 0 Å². The fourth-order valence-electron chi connectivity index (χ4n) is 6.22. The molecule has 0 atom stereocenters. The van der Waals surface area contributed by atoms with Crippen LogP contribution in [0.4, 0.5) is 0 Å². The summed E-state index contributed by atoms with van der Waals surface area (Å²) in [4.78, 5) is 33.5. The highest BCUT2D eigenvalue weighted by Crippen LogP contribution is 2.33. The van der Waals surface area contributed by atoms with Gasteiger partial charge in [0.25, 0.3) is 0 Å². The Morgan fingerprint density at radius 3 is 1.74 bits per heavy atom. The van der Waals surface area contributed by atoms with Crippen molar-refractivity contribution in [2.24, 2.45) is 0 Å². The summed E-state index contributed by atoms with van der Waals surface area (Å²) in [6.45, 7) is 0. The second-order valence-electron chi connectivity index (χ2n) is 11.9. The molecule has 50 heavy (non-hydrogen) atoms. The Kier molecular flexibility index (Phi) is 7.33. The van der Waals surface area contributed by atoms with Gasteiger partial charge in [0, 0.05) is 52.3 Å². The smallest absolute Gasteiger partial charge is 0.182 e. The largest absolute Gasteiger partial charge is 0.264 e. The van der Waals surface area contributed by atoms with E-state index in [2.05, 4.69) is 47.4 Å². The van der Waals surface area contributed by atoms with Gasteiger partial charge in [-0.25, -0.2) is 19.9 Å². The van der Waals surface area contributed by atoms with Crippen molar-refractivity contribution >= 4 is 21.7 Å². The van der Waals surface area contributed by atoms with Gasteiger partial charge in [-0.3, -0.25) is 15.0 Å². The molecule has 4 aromatic carbocycles. The summed E-state index contributed by atoms with van der Waals surface area (Å²) < 4.78 is 0. The third-order valence-electron chi connectivity index (χ3n) is 8.74. The zero-order valence-corrected chi connectivity index (χ0v) is 26.7. The molecule has 0 saturated heterocycles. The molecule has 0 bridgehead atoms. The number of fused-ring (bicyclic) bond motifs is 3. The second kappa shape index (κ2) is 12.6. The van der Waals surface area contributed by atoms with Crippen molar-refractivity contribution in [3.05, 3.63) is 164 Å². The summed E-state index contributed by atoms with van der Waals surface area (Å²) in [5.41, 5.74) is 9.09. The van der Waals surface area contributed by atoms with Crippen LogP contribution >= 0.6 is 0 Å². The minimum Gasteiger partial charge on any atom is -0.264 e. The maximum Gasteiger partial charge on any atom is 0.182 e. The first-order chi connectivity index (χ1) is 24.8. The van der Waals surface area contributed by atoms with Crippen LogP contribution in [0.1, 0.15) is 0 Å². The van der Waals surface area contributed by atoms with Gasteiger partial charge in [-0.15, -0.1) is 0 Å². The van der Waals surface area contributed by atoms with Crippen molar-refractivity contribution in [2.45, 2.75) is 0 Å². The Morgan fingerprint density at radius 1 is 0.340 bits per heavy atom. The molecule has 7 heteroatoms. The zero-order chi connectivity index (χ0) is 33.3. The lowest BCUT2D eigenvalue weighted by Gasteiger charge is -2.11. The first kappa shape index (κ1) is 29.2. The van der Waals surface area contributed by atoms with Crippen LogP contribution in [0.25, 0.3) is 89.6 Å². The van der Waals surface area contributed by atoms with Crippen molar-refractivity contribution < 1.29 is 0 Å². The molecule has 0 radical (unpaired) electrons. The number of rotatable bonds is 6. The first-order valence-electron chi connectivity index (χ1n) is 16.3. The molecule has 5 heterocycles. The van der Waals surface area contributed by atoms with Crippen LogP contribution in [0.5, 0.6) is 0 Å². The molecule has 5 aromatic heterocycles. The van der Waals surface area contributed by atoms with Gasteiger partial charge in [-0.05, 0) is 52.4 Å². The van der Waals surface area contributed by atoms with Crippen molar-refractivity contribution in [1.29, 1.82) is 0 Å². The second-order valence-corrected chi connectivity index (χ2v) is 11.9. The van der Waals surface area contributed by atoms with E-state index < -0.39 is 0 Å². The number of hydrogen-bond acceptors (Lipinski definition) is 7. The number of hydrogen-bond donors (Lipinski definition) is 0. The Balaban J connectivity index is 1.08. The van der Waals surface area contributed by atoms with Gasteiger partial charge in [0.2, 0.25) is 0 Å². The molecular formula is C43H27N7. The van der Waals surface area contributed by atoms with E-state index in [4.69, 9.17) is 29.9 Å². The summed E-state index contributed by atoms with van der Waals surface area (Å²) in [5.74, 6) is 1.66. The van der Waals surface area contributed by atoms with Crippen molar-refractivity contribution in [1.82, 2.24) is 34.9 Å². The van der Waals surface area contributed by atoms with Crippen LogP contribution < -0.4 is 0 Å². The molecule has 0 saturated carbocycles. The van der Waals surface area contributed by atoms with E-state index in [0.29, 0.717) is 23.2 Å². The van der Waals surface area contributed by atoms with E-state index in [-0.39, 0.29) is 0 Å². The van der Waals surface area contributed by atoms with Crippen LogP contribution in [0.2, 0.25) is 0 Å². The summed E-state index contributed by atoms with van der Waals surface area (Å²) in [6, 6.07) is 46.7. The van der Waals surface area contributed by atoms with E-state index >= 15 is 0 Å². The molecule has 9 aromatic rings. The molecule has 0 unspecified atom stereocenters. The number of benzene rings is 4. The lowest BCUT2D eigenvalue weighted by molar-refractivity contribution is 1.06. The lowest BCUT2D eigenvalue weighted by atomic mass is 10.0. The van der Waals surface area contributed by atoms with E-state index in [1.807, 2.05) is 116 Å². The Bertz CT molecular complexity index is 2620. The van der Waals surface area contributed by atoms with Crippen LogP contribution in [-0.4, -0.2) is 34.9 Å². The standard InChI is InChI=1S/C43H27N7/c1-2-9-29(10-3-1)41-48-42(30-18-16-28(17-19-30)32-11-8-23-44-26-32)50-43(49-41)38-21-20-33(27-46-38)31-22-24-45-39(25-31)40-36-14-5-4-12-34(36)35-13-6-7-15-37(35)47-40/h1-27H. The molecule has 0 N–H and O–H groups in total.